The summed E-state index contributed by atoms with van der Waals surface area (Å²) in [7, 11) is 1.75. The SMILES string of the molecule is CCSC1CCC(NCc2cc(C)ccc2OC)C1. The van der Waals surface area contributed by atoms with E-state index in [1.807, 2.05) is 0 Å². The molecule has 1 N–H and O–H groups in total. The van der Waals surface area contributed by atoms with Crippen LogP contribution in [0.15, 0.2) is 18.2 Å². The van der Waals surface area contributed by atoms with Crippen molar-refractivity contribution in [3.8, 4) is 5.75 Å². The minimum atomic E-state index is 0.675. The number of rotatable bonds is 6. The lowest BCUT2D eigenvalue weighted by Crippen LogP contribution is -2.26. The summed E-state index contributed by atoms with van der Waals surface area (Å²) in [4.78, 5) is 0. The lowest BCUT2D eigenvalue weighted by molar-refractivity contribution is 0.405. The van der Waals surface area contributed by atoms with Crippen LogP contribution >= 0.6 is 11.8 Å². The average molecular weight is 279 g/mol. The smallest absolute Gasteiger partial charge is 0.123 e. The van der Waals surface area contributed by atoms with Gasteiger partial charge in [0.05, 0.1) is 7.11 Å². The predicted molar refractivity (Wildman–Crippen MR) is 84.1 cm³/mol. The van der Waals surface area contributed by atoms with Crippen LogP contribution in [0.4, 0.5) is 0 Å². The van der Waals surface area contributed by atoms with Gasteiger partial charge in [0.1, 0.15) is 5.75 Å². The van der Waals surface area contributed by atoms with Crippen molar-refractivity contribution >= 4 is 11.8 Å². The Morgan fingerprint density at radius 1 is 1.37 bits per heavy atom. The topological polar surface area (TPSA) is 21.3 Å². The molecule has 106 valence electrons. The summed E-state index contributed by atoms with van der Waals surface area (Å²) in [6.07, 6.45) is 3.99. The second-order valence-corrected chi connectivity index (χ2v) is 6.86. The molecule has 0 spiro atoms. The van der Waals surface area contributed by atoms with E-state index in [9.17, 15) is 0 Å². The molecule has 0 radical (unpaired) electrons. The summed E-state index contributed by atoms with van der Waals surface area (Å²) in [5.41, 5.74) is 2.57. The molecule has 3 heteroatoms. The molecule has 1 aliphatic rings. The van der Waals surface area contributed by atoms with Crippen LogP contribution < -0.4 is 10.1 Å². The lowest BCUT2D eigenvalue weighted by Gasteiger charge is -2.15. The summed E-state index contributed by atoms with van der Waals surface area (Å²) < 4.78 is 5.43. The molecule has 0 aliphatic heterocycles. The normalized spacial score (nSPS) is 22.7. The molecule has 2 atom stereocenters. The van der Waals surface area contributed by atoms with Gasteiger partial charge in [-0.1, -0.05) is 24.6 Å². The fourth-order valence-electron chi connectivity index (χ4n) is 2.81. The molecular weight excluding hydrogens is 254 g/mol. The van der Waals surface area contributed by atoms with Gasteiger partial charge in [0.25, 0.3) is 0 Å². The van der Waals surface area contributed by atoms with E-state index < -0.39 is 0 Å². The highest BCUT2D eigenvalue weighted by atomic mass is 32.2. The maximum absolute atomic E-state index is 5.43. The number of hydrogen-bond donors (Lipinski definition) is 1. The molecule has 1 saturated carbocycles. The zero-order valence-corrected chi connectivity index (χ0v) is 13.1. The molecule has 2 unspecified atom stereocenters. The van der Waals surface area contributed by atoms with E-state index >= 15 is 0 Å². The summed E-state index contributed by atoms with van der Waals surface area (Å²) in [5.74, 6) is 2.24. The highest BCUT2D eigenvalue weighted by molar-refractivity contribution is 7.99. The summed E-state index contributed by atoms with van der Waals surface area (Å²) >= 11 is 2.11. The average Bonchev–Trinajstić information content (AvgIpc) is 2.85. The molecule has 0 bridgehead atoms. The van der Waals surface area contributed by atoms with Gasteiger partial charge in [-0.25, -0.2) is 0 Å². The van der Waals surface area contributed by atoms with E-state index in [4.69, 9.17) is 4.74 Å². The van der Waals surface area contributed by atoms with E-state index in [2.05, 4.69) is 49.1 Å². The highest BCUT2D eigenvalue weighted by Gasteiger charge is 2.24. The van der Waals surface area contributed by atoms with Crippen LogP contribution in [0, 0.1) is 6.92 Å². The van der Waals surface area contributed by atoms with Crippen molar-refractivity contribution in [2.75, 3.05) is 12.9 Å². The van der Waals surface area contributed by atoms with Crippen molar-refractivity contribution in [3.63, 3.8) is 0 Å². The third-order valence-corrected chi connectivity index (χ3v) is 5.04. The van der Waals surface area contributed by atoms with E-state index in [0.717, 1.165) is 17.5 Å². The number of aryl methyl sites for hydroxylation is 1. The quantitative estimate of drug-likeness (QED) is 0.856. The number of benzene rings is 1. The second-order valence-electron chi connectivity index (χ2n) is 5.28. The van der Waals surface area contributed by atoms with Gasteiger partial charge in [0.15, 0.2) is 0 Å². The Bertz CT molecular complexity index is 408. The fraction of sp³-hybridized carbons (Fsp3) is 0.625. The van der Waals surface area contributed by atoms with Crippen LogP contribution in [-0.4, -0.2) is 24.2 Å². The summed E-state index contributed by atoms with van der Waals surface area (Å²) in [5, 5.41) is 4.56. The fourth-order valence-corrected chi connectivity index (χ4v) is 3.95. The van der Waals surface area contributed by atoms with Crippen LogP contribution in [0.5, 0.6) is 5.75 Å². The number of nitrogens with one attached hydrogen (secondary N) is 1. The molecule has 0 amide bonds. The summed E-state index contributed by atoms with van der Waals surface area (Å²) in [6, 6.07) is 7.07. The van der Waals surface area contributed by atoms with Crippen molar-refractivity contribution in [1.82, 2.24) is 5.32 Å². The van der Waals surface area contributed by atoms with Crippen molar-refractivity contribution in [2.45, 2.75) is 50.9 Å². The third-order valence-electron chi connectivity index (χ3n) is 3.80. The zero-order chi connectivity index (χ0) is 13.7. The van der Waals surface area contributed by atoms with Crippen molar-refractivity contribution in [3.05, 3.63) is 29.3 Å². The minimum Gasteiger partial charge on any atom is -0.496 e. The molecule has 1 aromatic rings. The highest BCUT2D eigenvalue weighted by Crippen LogP contribution is 2.30. The predicted octanol–water partition coefficient (Wildman–Crippen LogP) is 3.77. The van der Waals surface area contributed by atoms with Gasteiger partial charge in [0.2, 0.25) is 0 Å². The maximum atomic E-state index is 5.43. The van der Waals surface area contributed by atoms with Gasteiger partial charge in [-0.15, -0.1) is 0 Å². The molecule has 0 aromatic heterocycles. The lowest BCUT2D eigenvalue weighted by atomic mass is 10.1. The van der Waals surface area contributed by atoms with Crippen LogP contribution in [0.1, 0.15) is 37.3 Å². The second kappa shape index (κ2) is 7.20. The Hall–Kier alpha value is -0.670. The Kier molecular flexibility index (Phi) is 5.59. The van der Waals surface area contributed by atoms with Crippen molar-refractivity contribution < 1.29 is 4.74 Å². The molecule has 0 heterocycles. The minimum absolute atomic E-state index is 0.675. The Labute approximate surface area is 121 Å². The zero-order valence-electron chi connectivity index (χ0n) is 12.2. The maximum Gasteiger partial charge on any atom is 0.123 e. The first-order valence-electron chi connectivity index (χ1n) is 7.21. The van der Waals surface area contributed by atoms with Crippen molar-refractivity contribution in [1.29, 1.82) is 0 Å². The molecule has 0 saturated heterocycles. The third kappa shape index (κ3) is 4.15. The molecule has 19 heavy (non-hydrogen) atoms. The molecule has 2 nitrogen and oxygen atoms in total. The van der Waals surface area contributed by atoms with E-state index in [-0.39, 0.29) is 0 Å². The number of thioether (sulfide) groups is 1. The van der Waals surface area contributed by atoms with Gasteiger partial charge in [0, 0.05) is 23.4 Å². The van der Waals surface area contributed by atoms with Gasteiger partial charge >= 0.3 is 0 Å². The van der Waals surface area contributed by atoms with Crippen LogP contribution in [0.3, 0.4) is 0 Å². The summed E-state index contributed by atoms with van der Waals surface area (Å²) in [6.45, 7) is 5.30. The van der Waals surface area contributed by atoms with E-state index in [1.165, 1.54) is 36.1 Å². The van der Waals surface area contributed by atoms with E-state index in [0.29, 0.717) is 6.04 Å². The number of methoxy groups -OCH3 is 1. The van der Waals surface area contributed by atoms with Gasteiger partial charge < -0.3 is 10.1 Å². The Morgan fingerprint density at radius 3 is 2.95 bits per heavy atom. The van der Waals surface area contributed by atoms with Gasteiger partial charge in [-0.3, -0.25) is 0 Å². The molecule has 1 aliphatic carbocycles. The standard InChI is InChI=1S/C16H25NOS/c1-4-19-15-7-6-14(10-15)17-11-13-9-12(2)5-8-16(13)18-3/h5,8-9,14-15,17H,4,6-7,10-11H2,1-3H3. The number of ether oxygens (including phenoxy) is 1. The Balaban J connectivity index is 1.87. The first-order valence-corrected chi connectivity index (χ1v) is 8.26. The molecule has 1 fully saturated rings. The van der Waals surface area contributed by atoms with E-state index in [1.54, 1.807) is 7.11 Å². The monoisotopic (exact) mass is 279 g/mol. The van der Waals surface area contributed by atoms with Crippen molar-refractivity contribution in [2.24, 2.45) is 0 Å². The first kappa shape index (κ1) is 14.7. The first-order chi connectivity index (χ1) is 9.22. The molecule has 1 aromatic carbocycles. The number of hydrogen-bond acceptors (Lipinski definition) is 3. The van der Waals surface area contributed by atoms with Crippen LogP contribution in [0.2, 0.25) is 0 Å². The molecule has 2 rings (SSSR count). The molecular formula is C16H25NOS. The van der Waals surface area contributed by atoms with Gasteiger partial charge in [-0.05, 0) is 38.0 Å². The largest absolute Gasteiger partial charge is 0.496 e. The van der Waals surface area contributed by atoms with Crippen LogP contribution in [-0.2, 0) is 6.54 Å². The van der Waals surface area contributed by atoms with Crippen LogP contribution in [0.25, 0.3) is 0 Å². The Morgan fingerprint density at radius 2 is 2.21 bits per heavy atom. The van der Waals surface area contributed by atoms with Gasteiger partial charge in [-0.2, -0.15) is 11.8 Å².